The maximum atomic E-state index is 13.1. The lowest BCUT2D eigenvalue weighted by molar-refractivity contribution is 0.0936. The van der Waals surface area contributed by atoms with Crippen LogP contribution in [0.15, 0.2) is 72.8 Å². The lowest BCUT2D eigenvalue weighted by Gasteiger charge is -2.26. The first kappa shape index (κ1) is 21.2. The van der Waals surface area contributed by atoms with Crippen LogP contribution in [0.5, 0.6) is 17.2 Å². The van der Waals surface area contributed by atoms with Gasteiger partial charge in [0.15, 0.2) is 11.5 Å². The molecule has 3 aromatic carbocycles. The van der Waals surface area contributed by atoms with Gasteiger partial charge in [0.05, 0.1) is 21.3 Å². The Morgan fingerprint density at radius 3 is 1.63 bits per heavy atom. The van der Waals surface area contributed by atoms with Crippen molar-refractivity contribution in [2.24, 2.45) is 0 Å². The predicted molar refractivity (Wildman–Crippen MR) is 118 cm³/mol. The van der Waals surface area contributed by atoms with Crippen LogP contribution in [0.2, 0.25) is 0 Å². The normalized spacial score (nSPS) is 11.6. The Morgan fingerprint density at radius 1 is 0.767 bits per heavy atom. The molecular formula is C25H27NO4. The van der Waals surface area contributed by atoms with Crippen LogP contribution in [0.25, 0.3) is 0 Å². The first-order valence-corrected chi connectivity index (χ1v) is 9.79. The van der Waals surface area contributed by atoms with Gasteiger partial charge in [-0.3, -0.25) is 4.79 Å². The zero-order valence-electron chi connectivity index (χ0n) is 17.7. The van der Waals surface area contributed by atoms with Crippen LogP contribution in [-0.2, 0) is 0 Å². The van der Waals surface area contributed by atoms with Crippen molar-refractivity contribution in [2.45, 2.75) is 18.9 Å². The molecule has 1 atom stereocenters. The Morgan fingerprint density at radius 2 is 1.23 bits per heavy atom. The number of benzene rings is 3. The molecule has 5 nitrogen and oxygen atoms in total. The summed E-state index contributed by atoms with van der Waals surface area (Å²) in [5.74, 6) is 1.14. The smallest absolute Gasteiger partial charge is 0.251 e. The third-order valence-corrected chi connectivity index (χ3v) is 5.10. The van der Waals surface area contributed by atoms with Gasteiger partial charge in [-0.05, 0) is 30.2 Å². The molecule has 0 spiro atoms. The molecule has 0 bridgehead atoms. The van der Waals surface area contributed by atoms with Crippen LogP contribution < -0.4 is 19.5 Å². The van der Waals surface area contributed by atoms with Crippen molar-refractivity contribution in [3.8, 4) is 17.2 Å². The van der Waals surface area contributed by atoms with Crippen LogP contribution in [0.3, 0.4) is 0 Å². The van der Waals surface area contributed by atoms with Gasteiger partial charge in [0, 0.05) is 17.5 Å². The lowest BCUT2D eigenvalue weighted by Crippen LogP contribution is -2.37. The van der Waals surface area contributed by atoms with Crippen LogP contribution in [0, 0.1) is 0 Å². The fourth-order valence-corrected chi connectivity index (χ4v) is 3.68. The van der Waals surface area contributed by atoms with E-state index in [0.29, 0.717) is 22.8 Å². The largest absolute Gasteiger partial charge is 0.493 e. The van der Waals surface area contributed by atoms with E-state index in [1.165, 1.54) is 21.3 Å². The Labute approximate surface area is 177 Å². The molecule has 0 saturated heterocycles. The van der Waals surface area contributed by atoms with Gasteiger partial charge in [-0.1, -0.05) is 60.7 Å². The molecule has 0 heterocycles. The number of hydrogen-bond acceptors (Lipinski definition) is 4. The average molecular weight is 405 g/mol. The van der Waals surface area contributed by atoms with E-state index < -0.39 is 0 Å². The van der Waals surface area contributed by atoms with Crippen LogP contribution >= 0.6 is 0 Å². The van der Waals surface area contributed by atoms with Crippen LogP contribution in [0.4, 0.5) is 0 Å². The average Bonchev–Trinajstić information content (AvgIpc) is 2.79. The van der Waals surface area contributed by atoms with Crippen molar-refractivity contribution in [2.75, 3.05) is 21.3 Å². The second kappa shape index (κ2) is 9.83. The Balaban J connectivity index is 1.91. The summed E-state index contributed by atoms with van der Waals surface area (Å²) in [5, 5.41) is 3.14. The number of carbonyl (C=O) groups excluding carboxylic acids is 1. The van der Waals surface area contributed by atoms with E-state index in [0.717, 1.165) is 11.1 Å². The lowest BCUT2D eigenvalue weighted by atomic mass is 9.85. The topological polar surface area (TPSA) is 56.8 Å². The van der Waals surface area contributed by atoms with E-state index in [9.17, 15) is 4.79 Å². The molecule has 0 fully saturated rings. The van der Waals surface area contributed by atoms with E-state index in [1.54, 1.807) is 12.1 Å². The quantitative estimate of drug-likeness (QED) is 0.592. The first-order valence-electron chi connectivity index (χ1n) is 9.79. The standard InChI is InChI=1S/C25H27NO4/c1-17(23(18-11-7-5-8-12-18)19-13-9-6-10-14-19)26-25(27)20-15-21(28-2)24(30-4)22(16-20)29-3/h5-17,23H,1-4H3,(H,26,27). The first-order chi connectivity index (χ1) is 14.6. The minimum absolute atomic E-state index is 0.0124. The zero-order chi connectivity index (χ0) is 21.5. The maximum absolute atomic E-state index is 13.1. The fraction of sp³-hybridized carbons (Fsp3) is 0.240. The SMILES string of the molecule is COc1cc(C(=O)NC(C)C(c2ccccc2)c2ccccc2)cc(OC)c1OC. The van der Waals surface area contributed by atoms with Crippen LogP contribution in [-0.4, -0.2) is 33.3 Å². The number of amides is 1. The minimum atomic E-state index is -0.210. The monoisotopic (exact) mass is 405 g/mol. The Bertz CT molecular complexity index is 908. The van der Waals surface area contributed by atoms with Gasteiger partial charge in [-0.2, -0.15) is 0 Å². The third kappa shape index (κ3) is 4.57. The van der Waals surface area contributed by atoms with Crippen molar-refractivity contribution >= 4 is 5.91 Å². The molecule has 3 rings (SSSR count). The molecule has 1 unspecified atom stereocenters. The van der Waals surface area contributed by atoms with Gasteiger partial charge in [-0.25, -0.2) is 0 Å². The third-order valence-electron chi connectivity index (χ3n) is 5.10. The minimum Gasteiger partial charge on any atom is -0.493 e. The Kier molecular flexibility index (Phi) is 6.96. The number of carbonyl (C=O) groups is 1. The Hall–Kier alpha value is -3.47. The predicted octanol–water partition coefficient (Wildman–Crippen LogP) is 4.66. The summed E-state index contributed by atoms with van der Waals surface area (Å²) in [7, 11) is 4.59. The van der Waals surface area contributed by atoms with Gasteiger partial charge in [-0.15, -0.1) is 0 Å². The van der Waals surface area contributed by atoms with Gasteiger partial charge in [0.2, 0.25) is 5.75 Å². The molecule has 1 N–H and O–H groups in total. The van der Waals surface area contributed by atoms with E-state index >= 15 is 0 Å². The second-order valence-electron chi connectivity index (χ2n) is 6.98. The molecule has 156 valence electrons. The zero-order valence-corrected chi connectivity index (χ0v) is 17.7. The van der Waals surface area contributed by atoms with Crippen molar-refractivity contribution in [3.63, 3.8) is 0 Å². The van der Waals surface area contributed by atoms with E-state index in [1.807, 2.05) is 43.3 Å². The van der Waals surface area contributed by atoms with Crippen molar-refractivity contribution in [1.82, 2.24) is 5.32 Å². The number of hydrogen-bond donors (Lipinski definition) is 1. The van der Waals surface area contributed by atoms with Crippen molar-refractivity contribution in [1.29, 1.82) is 0 Å². The van der Waals surface area contributed by atoms with Crippen molar-refractivity contribution < 1.29 is 19.0 Å². The highest BCUT2D eigenvalue weighted by Gasteiger charge is 2.24. The number of rotatable bonds is 8. The van der Waals surface area contributed by atoms with Crippen LogP contribution in [0.1, 0.15) is 34.3 Å². The highest BCUT2D eigenvalue weighted by molar-refractivity contribution is 5.96. The molecule has 0 aromatic heterocycles. The summed E-state index contributed by atoms with van der Waals surface area (Å²) >= 11 is 0. The number of nitrogens with one attached hydrogen (secondary N) is 1. The highest BCUT2D eigenvalue weighted by atomic mass is 16.5. The highest BCUT2D eigenvalue weighted by Crippen LogP contribution is 2.38. The van der Waals surface area contributed by atoms with Crippen molar-refractivity contribution in [3.05, 3.63) is 89.5 Å². The summed E-state index contributed by atoms with van der Waals surface area (Å²) in [5.41, 5.74) is 2.72. The molecular weight excluding hydrogens is 378 g/mol. The second-order valence-corrected chi connectivity index (χ2v) is 6.98. The molecule has 0 saturated carbocycles. The molecule has 0 aliphatic heterocycles. The molecule has 30 heavy (non-hydrogen) atoms. The van der Waals surface area contributed by atoms with E-state index in [-0.39, 0.29) is 17.9 Å². The molecule has 5 heteroatoms. The van der Waals surface area contributed by atoms with E-state index in [4.69, 9.17) is 14.2 Å². The molecule has 0 aliphatic carbocycles. The maximum Gasteiger partial charge on any atom is 0.251 e. The summed E-state index contributed by atoms with van der Waals surface area (Å²) < 4.78 is 16.1. The van der Waals surface area contributed by atoms with E-state index in [2.05, 4.69) is 29.6 Å². The summed E-state index contributed by atoms with van der Waals surface area (Å²) in [6.07, 6.45) is 0. The van der Waals surface area contributed by atoms with Gasteiger partial charge in [0.1, 0.15) is 0 Å². The summed E-state index contributed by atoms with van der Waals surface area (Å²) in [6.45, 7) is 2.01. The summed E-state index contributed by atoms with van der Waals surface area (Å²) in [4.78, 5) is 13.1. The van der Waals surface area contributed by atoms with Gasteiger partial charge < -0.3 is 19.5 Å². The number of methoxy groups -OCH3 is 3. The number of ether oxygens (including phenoxy) is 3. The molecule has 1 amide bonds. The van der Waals surface area contributed by atoms with Gasteiger partial charge in [0.25, 0.3) is 5.91 Å². The fourth-order valence-electron chi connectivity index (χ4n) is 3.68. The molecule has 3 aromatic rings. The summed E-state index contributed by atoms with van der Waals surface area (Å²) in [6, 6.07) is 23.5. The van der Waals surface area contributed by atoms with Gasteiger partial charge >= 0.3 is 0 Å². The molecule has 0 radical (unpaired) electrons. The molecule has 0 aliphatic rings.